The van der Waals surface area contributed by atoms with Crippen molar-refractivity contribution in [3.8, 4) is 0 Å². The molecule has 1 N–H and O–H groups in total. The summed E-state index contributed by atoms with van der Waals surface area (Å²) < 4.78 is 39.6. The van der Waals surface area contributed by atoms with Crippen LogP contribution in [0.15, 0.2) is 27.1 Å². The number of alkyl halides is 3. The minimum absolute atomic E-state index is 0. The van der Waals surface area contributed by atoms with Crippen LogP contribution in [0.5, 0.6) is 0 Å². The van der Waals surface area contributed by atoms with Gasteiger partial charge in [0.25, 0.3) is 0 Å². The smallest absolute Gasteiger partial charge is 0.314 e. The third kappa shape index (κ3) is 6.00. The van der Waals surface area contributed by atoms with Gasteiger partial charge in [0, 0.05) is 47.6 Å². The van der Waals surface area contributed by atoms with Crippen LogP contribution in [0.3, 0.4) is 0 Å². The second kappa shape index (κ2) is 8.87. The van der Waals surface area contributed by atoms with E-state index in [0.29, 0.717) is 0 Å². The predicted molar refractivity (Wildman–Crippen MR) is 91.6 cm³/mol. The second-order valence-electron chi connectivity index (χ2n) is 5.12. The van der Waals surface area contributed by atoms with E-state index in [4.69, 9.17) is 0 Å². The van der Waals surface area contributed by atoms with E-state index in [1.807, 2.05) is 18.2 Å². The summed E-state index contributed by atoms with van der Waals surface area (Å²) >= 11 is 6.88. The van der Waals surface area contributed by atoms with Crippen molar-refractivity contribution in [1.82, 2.24) is 10.2 Å². The Labute approximate surface area is 151 Å². The number of nitrogens with zero attached hydrogens (tertiary/aromatic N) is 1. The average Bonchev–Trinajstić information content (AvgIpc) is 2.43. The van der Waals surface area contributed by atoms with Gasteiger partial charge < -0.3 is 5.32 Å². The van der Waals surface area contributed by atoms with Gasteiger partial charge in [-0.2, -0.15) is 13.2 Å². The molecule has 1 atom stereocenters. The Balaban J connectivity index is 0.00000242. The number of nitrogens with one attached hydrogen (secondary N) is 1. The van der Waals surface area contributed by atoms with Gasteiger partial charge in [-0.3, -0.25) is 4.90 Å². The van der Waals surface area contributed by atoms with Gasteiger partial charge in [-0.15, -0.1) is 12.4 Å². The molecular weight excluding hydrogens is 448 g/mol. The summed E-state index contributed by atoms with van der Waals surface area (Å²) in [7, 11) is 0. The van der Waals surface area contributed by atoms with Crippen LogP contribution >= 0.6 is 44.3 Å². The summed E-state index contributed by atoms with van der Waals surface area (Å²) in [5.74, 6) is 0. The average molecular weight is 467 g/mol. The van der Waals surface area contributed by atoms with Gasteiger partial charge in [-0.25, -0.2) is 0 Å². The van der Waals surface area contributed by atoms with Crippen LogP contribution < -0.4 is 5.32 Å². The molecule has 0 aromatic heterocycles. The Bertz CT molecular complexity index is 480. The van der Waals surface area contributed by atoms with Crippen LogP contribution in [0.2, 0.25) is 0 Å². The zero-order valence-electron chi connectivity index (χ0n) is 11.8. The molecule has 126 valence electrons. The number of benzene rings is 1. The Morgan fingerprint density at radius 1 is 1.18 bits per heavy atom. The van der Waals surface area contributed by atoms with E-state index in [0.717, 1.165) is 40.7 Å². The first-order valence-electron chi connectivity index (χ1n) is 6.83. The van der Waals surface area contributed by atoms with Gasteiger partial charge >= 0.3 is 6.18 Å². The molecule has 0 unspecified atom stereocenters. The first kappa shape index (κ1) is 20.2. The van der Waals surface area contributed by atoms with Crippen molar-refractivity contribution in [3.63, 3.8) is 0 Å². The molecule has 1 saturated heterocycles. The van der Waals surface area contributed by atoms with Gasteiger partial charge in [0.05, 0.1) is 0 Å². The predicted octanol–water partition coefficient (Wildman–Crippen LogP) is 4.92. The maximum absolute atomic E-state index is 12.6. The quantitative estimate of drug-likeness (QED) is 0.678. The molecule has 0 aliphatic carbocycles. The van der Waals surface area contributed by atoms with Crippen molar-refractivity contribution in [2.45, 2.75) is 25.1 Å². The molecule has 1 aliphatic heterocycles. The van der Waals surface area contributed by atoms with E-state index < -0.39 is 12.6 Å². The highest BCUT2D eigenvalue weighted by atomic mass is 79.9. The Kier molecular flexibility index (Phi) is 8.16. The van der Waals surface area contributed by atoms with Crippen molar-refractivity contribution in [2.24, 2.45) is 0 Å². The molecule has 1 fully saturated rings. The number of hydrogen-bond donors (Lipinski definition) is 1. The van der Waals surface area contributed by atoms with Crippen LogP contribution in [0.1, 0.15) is 24.4 Å². The van der Waals surface area contributed by atoms with Gasteiger partial charge in [0.1, 0.15) is 0 Å². The van der Waals surface area contributed by atoms with Gasteiger partial charge in [-0.05, 0) is 30.2 Å². The van der Waals surface area contributed by atoms with E-state index in [1.54, 1.807) is 0 Å². The molecule has 0 saturated carbocycles. The summed E-state index contributed by atoms with van der Waals surface area (Å²) in [5, 5.41) is 3.23. The summed E-state index contributed by atoms with van der Waals surface area (Å²) in [6.45, 7) is 3.16. The molecule has 1 aromatic carbocycles. The highest BCUT2D eigenvalue weighted by Crippen LogP contribution is 2.36. The minimum atomic E-state index is -4.12. The van der Waals surface area contributed by atoms with Crippen molar-refractivity contribution < 1.29 is 13.2 Å². The topological polar surface area (TPSA) is 15.3 Å². The van der Waals surface area contributed by atoms with Crippen LogP contribution in [0, 0.1) is 0 Å². The molecule has 2 rings (SSSR count). The SMILES string of the molecule is Cl.FC(F)(F)CC[C@@H](c1cc(Br)ccc1Br)N1CCNCC1. The minimum Gasteiger partial charge on any atom is -0.314 e. The maximum atomic E-state index is 12.6. The Morgan fingerprint density at radius 2 is 1.82 bits per heavy atom. The van der Waals surface area contributed by atoms with Crippen LogP contribution in [-0.2, 0) is 0 Å². The second-order valence-corrected chi connectivity index (χ2v) is 6.89. The largest absolute Gasteiger partial charge is 0.389 e. The normalized spacial score (nSPS) is 17.9. The molecular formula is C14H18Br2ClF3N2. The highest BCUT2D eigenvalue weighted by Gasteiger charge is 2.32. The molecule has 1 aliphatic rings. The van der Waals surface area contributed by atoms with Gasteiger partial charge in [0.2, 0.25) is 0 Å². The first-order valence-corrected chi connectivity index (χ1v) is 8.42. The molecule has 0 spiro atoms. The number of piperazine rings is 1. The monoisotopic (exact) mass is 464 g/mol. The van der Waals surface area contributed by atoms with E-state index in [1.165, 1.54) is 0 Å². The molecule has 2 nitrogen and oxygen atoms in total. The van der Waals surface area contributed by atoms with Crippen molar-refractivity contribution in [3.05, 3.63) is 32.7 Å². The Morgan fingerprint density at radius 3 is 2.41 bits per heavy atom. The molecule has 0 amide bonds. The summed E-state index contributed by atoms with van der Waals surface area (Å²) in [5.41, 5.74) is 0.913. The number of hydrogen-bond acceptors (Lipinski definition) is 2. The van der Waals surface area contributed by atoms with Gasteiger partial charge in [-0.1, -0.05) is 31.9 Å². The fraction of sp³-hybridized carbons (Fsp3) is 0.571. The lowest BCUT2D eigenvalue weighted by Gasteiger charge is -2.36. The lowest BCUT2D eigenvalue weighted by atomic mass is 9.99. The standard InChI is InChI=1S/C14H17Br2F3N2.ClH/c15-10-1-2-12(16)11(9-10)13(3-4-14(17,18)19)21-7-5-20-6-8-21;/h1-2,9,13,20H,3-8H2;1H/t13-;/m0./s1. The zero-order valence-corrected chi connectivity index (χ0v) is 15.8. The summed E-state index contributed by atoms with van der Waals surface area (Å²) in [4.78, 5) is 2.13. The lowest BCUT2D eigenvalue weighted by molar-refractivity contribution is -0.138. The third-order valence-corrected chi connectivity index (χ3v) is 4.83. The molecule has 22 heavy (non-hydrogen) atoms. The van der Waals surface area contributed by atoms with Crippen LogP contribution in [-0.4, -0.2) is 37.3 Å². The van der Waals surface area contributed by atoms with Crippen molar-refractivity contribution >= 4 is 44.3 Å². The lowest BCUT2D eigenvalue weighted by Crippen LogP contribution is -2.45. The first-order chi connectivity index (χ1) is 9.87. The van der Waals surface area contributed by atoms with Crippen LogP contribution in [0.4, 0.5) is 13.2 Å². The summed E-state index contributed by atoms with van der Waals surface area (Å²) in [6, 6.07) is 5.45. The molecule has 8 heteroatoms. The fourth-order valence-corrected chi connectivity index (χ4v) is 3.49. The number of rotatable bonds is 4. The van der Waals surface area contributed by atoms with Crippen LogP contribution in [0.25, 0.3) is 0 Å². The number of halogens is 6. The van der Waals surface area contributed by atoms with E-state index in [-0.39, 0.29) is 24.9 Å². The highest BCUT2D eigenvalue weighted by molar-refractivity contribution is 9.11. The third-order valence-electron chi connectivity index (χ3n) is 3.61. The molecule has 1 aromatic rings. The molecule has 0 bridgehead atoms. The maximum Gasteiger partial charge on any atom is 0.389 e. The van der Waals surface area contributed by atoms with E-state index >= 15 is 0 Å². The van der Waals surface area contributed by atoms with Crippen molar-refractivity contribution in [1.29, 1.82) is 0 Å². The van der Waals surface area contributed by atoms with Gasteiger partial charge in [0.15, 0.2) is 0 Å². The zero-order chi connectivity index (χ0) is 15.5. The molecule has 1 heterocycles. The van der Waals surface area contributed by atoms with E-state index in [2.05, 4.69) is 42.1 Å². The van der Waals surface area contributed by atoms with Crippen molar-refractivity contribution in [2.75, 3.05) is 26.2 Å². The summed E-state index contributed by atoms with van der Waals surface area (Å²) in [6.07, 6.45) is -4.80. The Hall–Kier alpha value is 0.180. The van der Waals surface area contributed by atoms with E-state index in [9.17, 15) is 13.2 Å². The molecule has 0 radical (unpaired) electrons. The fourth-order valence-electron chi connectivity index (χ4n) is 2.60.